The average molecular weight is 235 g/mol. The van der Waals surface area contributed by atoms with Crippen LogP contribution in [0.3, 0.4) is 0 Å². The van der Waals surface area contributed by atoms with E-state index in [4.69, 9.17) is 0 Å². The van der Waals surface area contributed by atoms with Gasteiger partial charge in [-0.05, 0) is 38.0 Å². The molecule has 0 spiro atoms. The van der Waals surface area contributed by atoms with Crippen molar-refractivity contribution in [1.82, 2.24) is 10.3 Å². The van der Waals surface area contributed by atoms with Gasteiger partial charge in [0, 0.05) is 32.8 Å². The van der Waals surface area contributed by atoms with Gasteiger partial charge in [0.2, 0.25) is 5.91 Å². The topological polar surface area (TPSA) is 45.2 Å². The molecule has 0 aliphatic heterocycles. The van der Waals surface area contributed by atoms with Crippen molar-refractivity contribution in [1.29, 1.82) is 0 Å². The number of hydrogen-bond donors (Lipinski definition) is 1. The zero-order chi connectivity index (χ0) is 12.7. The maximum Gasteiger partial charge on any atom is 0.220 e. The lowest BCUT2D eigenvalue weighted by Crippen LogP contribution is -2.23. The zero-order valence-electron chi connectivity index (χ0n) is 10.9. The van der Waals surface area contributed by atoms with Crippen LogP contribution in [0.2, 0.25) is 0 Å². The van der Waals surface area contributed by atoms with Gasteiger partial charge in [-0.15, -0.1) is 0 Å². The Morgan fingerprint density at radius 2 is 2.12 bits per heavy atom. The van der Waals surface area contributed by atoms with E-state index >= 15 is 0 Å². The number of nitrogens with zero attached hydrogens (tertiary/aromatic N) is 2. The van der Waals surface area contributed by atoms with Gasteiger partial charge < -0.3 is 10.2 Å². The van der Waals surface area contributed by atoms with Gasteiger partial charge in [0.05, 0.1) is 0 Å². The Hall–Kier alpha value is -1.58. The maximum absolute atomic E-state index is 11.2. The Kier molecular flexibility index (Phi) is 5.46. The lowest BCUT2D eigenvalue weighted by atomic mass is 10.1. The molecule has 0 atom stereocenters. The molecule has 4 nitrogen and oxygen atoms in total. The molecule has 0 saturated carbocycles. The van der Waals surface area contributed by atoms with Crippen molar-refractivity contribution in [3.63, 3.8) is 0 Å². The summed E-state index contributed by atoms with van der Waals surface area (Å²) < 4.78 is 0. The van der Waals surface area contributed by atoms with Gasteiger partial charge in [-0.3, -0.25) is 4.79 Å². The normalized spacial score (nSPS) is 10.1. The minimum Gasteiger partial charge on any atom is -0.359 e. The van der Waals surface area contributed by atoms with Crippen molar-refractivity contribution in [2.75, 3.05) is 25.0 Å². The third-order valence-corrected chi connectivity index (χ3v) is 2.82. The predicted octanol–water partition coefficient (Wildman–Crippen LogP) is 1.61. The van der Waals surface area contributed by atoms with E-state index in [1.807, 2.05) is 12.3 Å². The van der Waals surface area contributed by atoms with Crippen LogP contribution in [0.25, 0.3) is 0 Å². The average Bonchev–Trinajstić information content (AvgIpc) is 2.38. The summed E-state index contributed by atoms with van der Waals surface area (Å²) in [5, 5.41) is 2.63. The van der Waals surface area contributed by atoms with E-state index in [1.165, 1.54) is 0 Å². The van der Waals surface area contributed by atoms with Crippen LogP contribution in [0.4, 0.5) is 5.82 Å². The number of anilines is 1. The molecular weight excluding hydrogens is 214 g/mol. The van der Waals surface area contributed by atoms with Gasteiger partial charge in [-0.1, -0.05) is 0 Å². The summed E-state index contributed by atoms with van der Waals surface area (Å²) in [5.41, 5.74) is 1.16. The number of carbonyl (C=O) groups excluding carboxylic acids is 1. The van der Waals surface area contributed by atoms with Crippen molar-refractivity contribution < 1.29 is 4.79 Å². The van der Waals surface area contributed by atoms with Gasteiger partial charge in [-0.25, -0.2) is 4.98 Å². The van der Waals surface area contributed by atoms with Gasteiger partial charge in [-0.2, -0.15) is 0 Å². The predicted molar refractivity (Wildman–Crippen MR) is 70.2 cm³/mol. The fraction of sp³-hybridized carbons (Fsp3) is 0.538. The summed E-state index contributed by atoms with van der Waals surface area (Å²) in [6.45, 7) is 6.12. The van der Waals surface area contributed by atoms with E-state index in [9.17, 15) is 4.79 Å². The molecule has 0 saturated heterocycles. The molecule has 1 heterocycles. The molecule has 1 aromatic rings. The molecule has 1 N–H and O–H groups in total. The summed E-state index contributed by atoms with van der Waals surface area (Å²) in [6.07, 6.45) is 3.10. The highest BCUT2D eigenvalue weighted by Gasteiger charge is 2.05. The molecule has 0 fully saturated rings. The number of aromatic nitrogens is 1. The van der Waals surface area contributed by atoms with Crippen LogP contribution in [0.5, 0.6) is 0 Å². The molecule has 0 unspecified atom stereocenters. The number of aryl methyl sites for hydroxylation is 1. The Labute approximate surface area is 103 Å². The van der Waals surface area contributed by atoms with E-state index in [0.717, 1.165) is 30.9 Å². The third-order valence-electron chi connectivity index (χ3n) is 2.82. The Morgan fingerprint density at radius 1 is 1.41 bits per heavy atom. The summed E-state index contributed by atoms with van der Waals surface area (Å²) in [5.74, 6) is 1.07. The van der Waals surface area contributed by atoms with Crippen molar-refractivity contribution >= 4 is 11.7 Å². The van der Waals surface area contributed by atoms with Gasteiger partial charge in [0.25, 0.3) is 0 Å². The summed E-state index contributed by atoms with van der Waals surface area (Å²) in [7, 11) is 1.66. The van der Waals surface area contributed by atoms with Crippen LogP contribution >= 0.6 is 0 Å². The van der Waals surface area contributed by atoms with Crippen LogP contribution in [-0.4, -0.2) is 31.0 Å². The molecule has 0 aliphatic carbocycles. The SMILES string of the molecule is CCN(CC)c1cc(CCC(=O)NC)ccn1. The monoisotopic (exact) mass is 235 g/mol. The molecule has 0 radical (unpaired) electrons. The Morgan fingerprint density at radius 3 is 2.71 bits per heavy atom. The smallest absolute Gasteiger partial charge is 0.220 e. The number of amides is 1. The van der Waals surface area contributed by atoms with E-state index in [2.05, 4.69) is 35.1 Å². The first-order valence-corrected chi connectivity index (χ1v) is 6.11. The molecule has 0 aliphatic rings. The second-order valence-electron chi connectivity index (χ2n) is 3.87. The van der Waals surface area contributed by atoms with Crippen molar-refractivity contribution in [2.45, 2.75) is 26.7 Å². The number of hydrogen-bond acceptors (Lipinski definition) is 3. The maximum atomic E-state index is 11.2. The molecule has 1 rings (SSSR count). The molecule has 1 aromatic heterocycles. The first kappa shape index (κ1) is 13.5. The molecule has 0 bridgehead atoms. The van der Waals surface area contributed by atoms with Crippen LogP contribution in [0.15, 0.2) is 18.3 Å². The second kappa shape index (κ2) is 6.89. The van der Waals surface area contributed by atoms with Crippen LogP contribution < -0.4 is 10.2 Å². The number of carbonyl (C=O) groups is 1. The third kappa shape index (κ3) is 4.06. The Balaban J connectivity index is 2.68. The number of rotatable bonds is 6. The lowest BCUT2D eigenvalue weighted by Gasteiger charge is -2.20. The quantitative estimate of drug-likeness (QED) is 0.814. The van der Waals surface area contributed by atoms with E-state index in [0.29, 0.717) is 6.42 Å². The van der Waals surface area contributed by atoms with Crippen molar-refractivity contribution in [3.8, 4) is 0 Å². The van der Waals surface area contributed by atoms with Crippen LogP contribution in [-0.2, 0) is 11.2 Å². The fourth-order valence-corrected chi connectivity index (χ4v) is 1.72. The number of pyridine rings is 1. The summed E-state index contributed by atoms with van der Waals surface area (Å²) >= 11 is 0. The van der Waals surface area contributed by atoms with E-state index < -0.39 is 0 Å². The van der Waals surface area contributed by atoms with Gasteiger partial charge in [0.1, 0.15) is 5.82 Å². The lowest BCUT2D eigenvalue weighted by molar-refractivity contribution is -0.120. The standard InChI is InChI=1S/C13H21N3O/c1-4-16(5-2)12-10-11(8-9-15-12)6-7-13(17)14-3/h8-10H,4-7H2,1-3H3,(H,14,17). The summed E-state index contributed by atoms with van der Waals surface area (Å²) in [6, 6.07) is 4.03. The second-order valence-corrected chi connectivity index (χ2v) is 3.87. The highest BCUT2D eigenvalue weighted by Crippen LogP contribution is 2.13. The molecule has 0 aromatic carbocycles. The molecule has 1 amide bonds. The largest absolute Gasteiger partial charge is 0.359 e. The highest BCUT2D eigenvalue weighted by atomic mass is 16.1. The molecule has 17 heavy (non-hydrogen) atoms. The first-order valence-electron chi connectivity index (χ1n) is 6.11. The summed E-state index contributed by atoms with van der Waals surface area (Å²) in [4.78, 5) is 17.7. The molecular formula is C13H21N3O. The Bertz CT molecular complexity index is 361. The number of nitrogens with one attached hydrogen (secondary N) is 1. The minimum absolute atomic E-state index is 0.0752. The van der Waals surface area contributed by atoms with E-state index in [1.54, 1.807) is 7.05 Å². The first-order chi connectivity index (χ1) is 8.21. The minimum atomic E-state index is 0.0752. The van der Waals surface area contributed by atoms with Gasteiger partial charge in [0.15, 0.2) is 0 Å². The zero-order valence-corrected chi connectivity index (χ0v) is 10.9. The highest BCUT2D eigenvalue weighted by molar-refractivity contribution is 5.75. The molecule has 4 heteroatoms. The fourth-order valence-electron chi connectivity index (χ4n) is 1.72. The van der Waals surface area contributed by atoms with Crippen molar-refractivity contribution in [2.24, 2.45) is 0 Å². The van der Waals surface area contributed by atoms with E-state index in [-0.39, 0.29) is 5.91 Å². The van der Waals surface area contributed by atoms with Gasteiger partial charge >= 0.3 is 0 Å². The molecule has 94 valence electrons. The van der Waals surface area contributed by atoms with Crippen LogP contribution in [0, 0.1) is 0 Å². The van der Waals surface area contributed by atoms with Crippen LogP contribution in [0.1, 0.15) is 25.8 Å². The van der Waals surface area contributed by atoms with Crippen molar-refractivity contribution in [3.05, 3.63) is 23.9 Å².